The molecule has 0 unspecified atom stereocenters. The van der Waals surface area contributed by atoms with E-state index in [-0.39, 0.29) is 17.5 Å². The Morgan fingerprint density at radius 2 is 1.55 bits per heavy atom. The number of esters is 1. The van der Waals surface area contributed by atoms with Gasteiger partial charge in [0, 0.05) is 11.5 Å². The number of carbonyl (C=O) groups is 1. The highest BCUT2D eigenvalue weighted by molar-refractivity contribution is 5.79. The van der Waals surface area contributed by atoms with Crippen molar-refractivity contribution in [2.45, 2.75) is 91.9 Å². The van der Waals surface area contributed by atoms with Crippen LogP contribution >= 0.6 is 0 Å². The predicted molar refractivity (Wildman–Crippen MR) is 157 cm³/mol. The Morgan fingerprint density at radius 1 is 0.925 bits per heavy atom. The van der Waals surface area contributed by atoms with Gasteiger partial charge in [-0.2, -0.15) is 4.98 Å². The SMILES string of the molecule is CC(C)CCC(C)(C)C(=O)OCCCCCCCCCCOc1ccc2cc(-c3ccc(F)cc3)c(=O)oc2n1. The van der Waals surface area contributed by atoms with Crippen LogP contribution < -0.4 is 10.4 Å². The topological polar surface area (TPSA) is 78.6 Å². The van der Waals surface area contributed by atoms with Gasteiger partial charge in [0.1, 0.15) is 5.82 Å². The lowest BCUT2D eigenvalue weighted by Gasteiger charge is -2.23. The molecule has 0 spiro atoms. The molecular formula is C33H44FNO5. The van der Waals surface area contributed by atoms with Gasteiger partial charge in [-0.3, -0.25) is 4.79 Å². The highest BCUT2D eigenvalue weighted by atomic mass is 19.1. The number of rotatable bonds is 17. The lowest BCUT2D eigenvalue weighted by atomic mass is 9.85. The highest BCUT2D eigenvalue weighted by Gasteiger charge is 2.29. The van der Waals surface area contributed by atoms with Crippen LogP contribution in [0.4, 0.5) is 4.39 Å². The van der Waals surface area contributed by atoms with E-state index in [0.29, 0.717) is 41.5 Å². The van der Waals surface area contributed by atoms with Crippen LogP contribution in [0.1, 0.15) is 91.9 Å². The quantitative estimate of drug-likeness (QED) is 0.123. The summed E-state index contributed by atoms with van der Waals surface area (Å²) in [6.07, 6.45) is 10.6. The normalized spacial score (nSPS) is 11.8. The summed E-state index contributed by atoms with van der Waals surface area (Å²) in [6, 6.07) is 11.0. The number of unbranched alkanes of at least 4 members (excludes halogenated alkanes) is 7. The van der Waals surface area contributed by atoms with E-state index in [4.69, 9.17) is 13.9 Å². The molecule has 3 aromatic rings. The number of nitrogens with zero attached hydrogens (tertiary/aromatic N) is 1. The summed E-state index contributed by atoms with van der Waals surface area (Å²) < 4.78 is 29.9. The zero-order valence-electron chi connectivity index (χ0n) is 24.5. The van der Waals surface area contributed by atoms with E-state index >= 15 is 0 Å². The van der Waals surface area contributed by atoms with E-state index in [9.17, 15) is 14.0 Å². The maximum Gasteiger partial charge on any atom is 0.345 e. The van der Waals surface area contributed by atoms with E-state index in [1.807, 2.05) is 19.9 Å². The molecule has 7 heteroatoms. The van der Waals surface area contributed by atoms with Gasteiger partial charge in [-0.15, -0.1) is 0 Å². The molecule has 0 amide bonds. The first kappa shape index (κ1) is 31.3. The first-order valence-electron chi connectivity index (χ1n) is 14.7. The number of hydrogen-bond acceptors (Lipinski definition) is 6. The molecule has 218 valence electrons. The molecule has 0 bridgehead atoms. The number of halogens is 1. The number of hydrogen-bond donors (Lipinski definition) is 0. The number of ether oxygens (including phenoxy) is 2. The minimum atomic E-state index is -0.522. The second-order valence-corrected chi connectivity index (χ2v) is 11.6. The predicted octanol–water partition coefficient (Wildman–Crippen LogP) is 8.50. The molecule has 40 heavy (non-hydrogen) atoms. The zero-order chi connectivity index (χ0) is 29.0. The minimum Gasteiger partial charge on any atom is -0.478 e. The van der Waals surface area contributed by atoms with Crippen LogP contribution in [-0.4, -0.2) is 24.2 Å². The van der Waals surface area contributed by atoms with E-state index in [2.05, 4.69) is 18.8 Å². The van der Waals surface area contributed by atoms with Gasteiger partial charge in [0.05, 0.1) is 24.2 Å². The molecule has 2 aromatic heterocycles. The van der Waals surface area contributed by atoms with Gasteiger partial charge >= 0.3 is 11.6 Å². The van der Waals surface area contributed by atoms with Crippen LogP contribution in [0.5, 0.6) is 5.88 Å². The molecule has 0 saturated heterocycles. The molecule has 1 aromatic carbocycles. The van der Waals surface area contributed by atoms with E-state index in [1.54, 1.807) is 24.3 Å². The standard InChI is InChI=1S/C33H44FNO5/c1-24(2)19-20-33(3,4)32(37)39-22-12-10-8-6-5-7-9-11-21-38-29-18-15-26-23-28(31(36)40-30(26)35-29)25-13-16-27(34)17-14-25/h13-18,23-24H,5-12,19-22H2,1-4H3. The summed E-state index contributed by atoms with van der Waals surface area (Å²) in [5, 5.41) is 0.676. The van der Waals surface area contributed by atoms with E-state index < -0.39 is 11.0 Å². The summed E-state index contributed by atoms with van der Waals surface area (Å²) in [4.78, 5) is 29.1. The number of fused-ring (bicyclic) bond motifs is 1. The average molecular weight is 554 g/mol. The van der Waals surface area contributed by atoms with Gasteiger partial charge in [-0.1, -0.05) is 64.5 Å². The van der Waals surface area contributed by atoms with Crippen molar-refractivity contribution >= 4 is 17.1 Å². The molecule has 6 nitrogen and oxygen atoms in total. The van der Waals surface area contributed by atoms with E-state index in [1.165, 1.54) is 25.0 Å². The fourth-order valence-electron chi connectivity index (χ4n) is 4.45. The van der Waals surface area contributed by atoms with Crippen molar-refractivity contribution in [3.63, 3.8) is 0 Å². The van der Waals surface area contributed by atoms with Crippen molar-refractivity contribution in [3.05, 3.63) is 58.7 Å². The van der Waals surface area contributed by atoms with Crippen LogP contribution in [0.2, 0.25) is 0 Å². The average Bonchev–Trinajstić information content (AvgIpc) is 2.92. The summed E-state index contributed by atoms with van der Waals surface area (Å²) in [5.41, 5.74) is 0.256. The third kappa shape index (κ3) is 10.1. The van der Waals surface area contributed by atoms with Gasteiger partial charge in [0.15, 0.2) is 0 Å². The van der Waals surface area contributed by atoms with Crippen LogP contribution in [0.3, 0.4) is 0 Å². The van der Waals surface area contributed by atoms with Crippen molar-refractivity contribution in [1.29, 1.82) is 0 Å². The third-order valence-electron chi connectivity index (χ3n) is 7.15. The van der Waals surface area contributed by atoms with E-state index in [0.717, 1.165) is 51.4 Å². The molecule has 0 aliphatic heterocycles. The molecule has 3 rings (SSSR count). The lowest BCUT2D eigenvalue weighted by Crippen LogP contribution is -2.27. The number of carbonyl (C=O) groups excluding carboxylic acids is 1. The maximum absolute atomic E-state index is 13.2. The molecule has 0 N–H and O–H groups in total. The molecule has 0 radical (unpaired) electrons. The van der Waals surface area contributed by atoms with Crippen molar-refractivity contribution < 1.29 is 23.1 Å². The first-order chi connectivity index (χ1) is 19.2. The summed E-state index contributed by atoms with van der Waals surface area (Å²) in [5.74, 6) is 0.586. The third-order valence-corrected chi connectivity index (χ3v) is 7.15. The highest BCUT2D eigenvalue weighted by Crippen LogP contribution is 2.27. The second kappa shape index (κ2) is 15.5. The Balaban J connectivity index is 1.26. The van der Waals surface area contributed by atoms with Gasteiger partial charge in [-0.25, -0.2) is 9.18 Å². The van der Waals surface area contributed by atoms with Gasteiger partial charge in [0.2, 0.25) is 11.6 Å². The van der Waals surface area contributed by atoms with Crippen molar-refractivity contribution in [2.24, 2.45) is 11.3 Å². The Labute approximate surface area is 237 Å². The first-order valence-corrected chi connectivity index (χ1v) is 14.7. The van der Waals surface area contributed by atoms with Crippen LogP contribution in [0.15, 0.2) is 51.7 Å². The maximum atomic E-state index is 13.2. The largest absolute Gasteiger partial charge is 0.478 e. The fourth-order valence-corrected chi connectivity index (χ4v) is 4.45. The van der Waals surface area contributed by atoms with Crippen LogP contribution in [0, 0.1) is 17.2 Å². The minimum absolute atomic E-state index is 0.0742. The summed E-state index contributed by atoms with van der Waals surface area (Å²) >= 11 is 0. The summed E-state index contributed by atoms with van der Waals surface area (Å²) in [7, 11) is 0. The molecule has 0 aliphatic rings. The lowest BCUT2D eigenvalue weighted by molar-refractivity contribution is -0.154. The molecule has 0 saturated carbocycles. The Kier molecular flexibility index (Phi) is 12.2. The zero-order valence-corrected chi connectivity index (χ0v) is 24.5. The van der Waals surface area contributed by atoms with Gasteiger partial charge < -0.3 is 13.9 Å². The Hall–Kier alpha value is -3.22. The van der Waals surface area contributed by atoms with Crippen molar-refractivity contribution in [1.82, 2.24) is 4.98 Å². The Bertz CT molecular complexity index is 1270. The van der Waals surface area contributed by atoms with Crippen LogP contribution in [0.25, 0.3) is 22.2 Å². The Morgan fingerprint density at radius 3 is 2.20 bits per heavy atom. The number of pyridine rings is 1. The van der Waals surface area contributed by atoms with Gasteiger partial charge in [-0.05, 0) is 75.3 Å². The van der Waals surface area contributed by atoms with Gasteiger partial charge in [0.25, 0.3) is 0 Å². The molecular weight excluding hydrogens is 509 g/mol. The monoisotopic (exact) mass is 553 g/mol. The number of aromatic nitrogens is 1. The van der Waals surface area contributed by atoms with Crippen molar-refractivity contribution in [2.75, 3.05) is 13.2 Å². The molecule has 2 heterocycles. The van der Waals surface area contributed by atoms with Crippen molar-refractivity contribution in [3.8, 4) is 17.0 Å². The molecule has 0 fully saturated rings. The molecule has 0 aliphatic carbocycles. The number of benzene rings is 1. The summed E-state index contributed by atoms with van der Waals surface area (Å²) in [6.45, 7) is 9.38. The molecule has 0 atom stereocenters. The van der Waals surface area contributed by atoms with Crippen LogP contribution in [-0.2, 0) is 9.53 Å². The fraction of sp³-hybridized carbons (Fsp3) is 0.545. The smallest absolute Gasteiger partial charge is 0.345 e. The second-order valence-electron chi connectivity index (χ2n) is 11.6.